The van der Waals surface area contributed by atoms with Crippen molar-refractivity contribution in [1.82, 2.24) is 0 Å². The van der Waals surface area contributed by atoms with Crippen LogP contribution in [0.25, 0.3) is 0 Å². The van der Waals surface area contributed by atoms with Crippen molar-refractivity contribution >= 4 is 11.6 Å². The fraction of sp³-hybridized carbons (Fsp3) is 0.143. The molecule has 0 aliphatic rings. The minimum Gasteiger partial charge on any atom is -0.487 e. The lowest BCUT2D eigenvalue weighted by Gasteiger charge is -2.09. The van der Waals surface area contributed by atoms with Gasteiger partial charge >= 0.3 is 0 Å². The van der Waals surface area contributed by atoms with Crippen molar-refractivity contribution in [1.29, 1.82) is 0 Å². The van der Waals surface area contributed by atoms with E-state index in [0.29, 0.717) is 23.9 Å². The number of hydrogen-bond donors (Lipinski definition) is 1. The second-order valence-electron chi connectivity index (χ2n) is 3.74. The molecule has 3 heteroatoms. The summed E-state index contributed by atoms with van der Waals surface area (Å²) in [5, 5.41) is 0.609. The van der Waals surface area contributed by atoms with Gasteiger partial charge in [-0.1, -0.05) is 48.0 Å². The summed E-state index contributed by atoms with van der Waals surface area (Å²) in [4.78, 5) is 0. The molecule has 88 valence electrons. The average Bonchev–Trinajstić information content (AvgIpc) is 2.39. The smallest absolute Gasteiger partial charge is 0.138 e. The van der Waals surface area contributed by atoms with E-state index < -0.39 is 0 Å². The van der Waals surface area contributed by atoms with Gasteiger partial charge in [-0.2, -0.15) is 0 Å². The molecular weight excluding hydrogens is 234 g/mol. The number of rotatable bonds is 4. The van der Waals surface area contributed by atoms with E-state index in [4.69, 9.17) is 22.1 Å². The average molecular weight is 248 g/mol. The Labute approximate surface area is 106 Å². The van der Waals surface area contributed by atoms with E-state index in [9.17, 15) is 0 Å². The summed E-state index contributed by atoms with van der Waals surface area (Å²) in [6.45, 7) is 0.994. The molecule has 0 radical (unpaired) electrons. The van der Waals surface area contributed by atoms with Gasteiger partial charge in [0.25, 0.3) is 0 Å². The first kappa shape index (κ1) is 12.0. The van der Waals surface area contributed by atoms with Crippen LogP contribution >= 0.6 is 11.6 Å². The summed E-state index contributed by atoms with van der Waals surface area (Å²) < 4.78 is 5.68. The standard InChI is InChI=1S/C14H14ClNO/c15-13-7-6-12(9-16)8-14(13)17-10-11-4-2-1-3-5-11/h1-8H,9-10,16H2. The van der Waals surface area contributed by atoms with E-state index in [2.05, 4.69) is 0 Å². The van der Waals surface area contributed by atoms with E-state index in [1.165, 1.54) is 0 Å². The van der Waals surface area contributed by atoms with E-state index in [-0.39, 0.29) is 0 Å². The third-order valence-electron chi connectivity index (χ3n) is 2.47. The Balaban J connectivity index is 2.08. The van der Waals surface area contributed by atoms with Gasteiger partial charge < -0.3 is 10.5 Å². The van der Waals surface area contributed by atoms with Crippen molar-refractivity contribution in [3.05, 3.63) is 64.7 Å². The van der Waals surface area contributed by atoms with Gasteiger partial charge in [-0.05, 0) is 23.3 Å². The lowest BCUT2D eigenvalue weighted by atomic mass is 10.2. The highest BCUT2D eigenvalue weighted by molar-refractivity contribution is 6.32. The van der Waals surface area contributed by atoms with Crippen LogP contribution in [0.1, 0.15) is 11.1 Å². The van der Waals surface area contributed by atoms with Crippen LogP contribution in [0.2, 0.25) is 5.02 Å². The van der Waals surface area contributed by atoms with Gasteiger partial charge in [-0.15, -0.1) is 0 Å². The minimum atomic E-state index is 0.485. The van der Waals surface area contributed by atoms with Crippen LogP contribution in [0.3, 0.4) is 0 Å². The second-order valence-corrected chi connectivity index (χ2v) is 4.15. The van der Waals surface area contributed by atoms with Crippen LogP contribution in [0.15, 0.2) is 48.5 Å². The summed E-state index contributed by atoms with van der Waals surface area (Å²) >= 11 is 6.05. The third kappa shape index (κ3) is 3.22. The van der Waals surface area contributed by atoms with Crippen molar-refractivity contribution in [2.24, 2.45) is 5.73 Å². The van der Waals surface area contributed by atoms with Gasteiger partial charge in [0, 0.05) is 6.54 Å². The summed E-state index contributed by atoms with van der Waals surface area (Å²) in [6.07, 6.45) is 0. The van der Waals surface area contributed by atoms with Gasteiger partial charge in [0.15, 0.2) is 0 Å². The van der Waals surface area contributed by atoms with Crippen LogP contribution in [0.5, 0.6) is 5.75 Å². The molecule has 2 aromatic rings. The Bertz CT molecular complexity index is 485. The van der Waals surface area contributed by atoms with Crippen LogP contribution in [0, 0.1) is 0 Å². The molecule has 0 aliphatic heterocycles. The maximum Gasteiger partial charge on any atom is 0.138 e. The molecule has 17 heavy (non-hydrogen) atoms. The Morgan fingerprint density at radius 3 is 2.47 bits per heavy atom. The van der Waals surface area contributed by atoms with E-state index in [1.54, 1.807) is 0 Å². The summed E-state index contributed by atoms with van der Waals surface area (Å²) in [5.74, 6) is 0.679. The Morgan fingerprint density at radius 2 is 1.76 bits per heavy atom. The monoisotopic (exact) mass is 247 g/mol. The molecule has 2 N–H and O–H groups in total. The highest BCUT2D eigenvalue weighted by Crippen LogP contribution is 2.26. The third-order valence-corrected chi connectivity index (χ3v) is 2.78. The van der Waals surface area contributed by atoms with Gasteiger partial charge in [0.2, 0.25) is 0 Å². The van der Waals surface area contributed by atoms with Gasteiger partial charge in [0.1, 0.15) is 12.4 Å². The zero-order chi connectivity index (χ0) is 12.1. The van der Waals surface area contributed by atoms with Crippen molar-refractivity contribution in [2.45, 2.75) is 13.2 Å². The normalized spacial score (nSPS) is 10.2. The fourth-order valence-electron chi connectivity index (χ4n) is 1.52. The lowest BCUT2D eigenvalue weighted by molar-refractivity contribution is 0.306. The van der Waals surface area contributed by atoms with Gasteiger partial charge in [0.05, 0.1) is 5.02 Å². The van der Waals surface area contributed by atoms with Crippen LogP contribution in [-0.4, -0.2) is 0 Å². The lowest BCUT2D eigenvalue weighted by Crippen LogP contribution is -1.99. The molecule has 2 rings (SSSR count). The van der Waals surface area contributed by atoms with Crippen LogP contribution < -0.4 is 10.5 Å². The maximum atomic E-state index is 6.05. The zero-order valence-electron chi connectivity index (χ0n) is 9.40. The quantitative estimate of drug-likeness (QED) is 0.899. The van der Waals surface area contributed by atoms with Crippen molar-refractivity contribution in [2.75, 3.05) is 0 Å². The summed E-state index contributed by atoms with van der Waals surface area (Å²) in [7, 11) is 0. The minimum absolute atomic E-state index is 0.485. The molecule has 0 fully saturated rings. The number of benzene rings is 2. The topological polar surface area (TPSA) is 35.2 Å². The van der Waals surface area contributed by atoms with Crippen molar-refractivity contribution in [3.8, 4) is 5.75 Å². The number of nitrogens with two attached hydrogens (primary N) is 1. The molecule has 0 heterocycles. The van der Waals surface area contributed by atoms with Gasteiger partial charge in [-0.3, -0.25) is 0 Å². The molecule has 0 aromatic heterocycles. The maximum absolute atomic E-state index is 6.05. The molecule has 0 aliphatic carbocycles. The first-order valence-electron chi connectivity index (χ1n) is 5.45. The first-order valence-corrected chi connectivity index (χ1v) is 5.82. The van der Waals surface area contributed by atoms with Crippen molar-refractivity contribution in [3.63, 3.8) is 0 Å². The largest absolute Gasteiger partial charge is 0.487 e. The molecule has 0 atom stereocenters. The summed E-state index contributed by atoms with van der Waals surface area (Å²) in [6, 6.07) is 15.6. The van der Waals surface area contributed by atoms with Crippen molar-refractivity contribution < 1.29 is 4.74 Å². The molecule has 2 nitrogen and oxygen atoms in total. The van der Waals surface area contributed by atoms with E-state index in [0.717, 1.165) is 11.1 Å². The molecule has 0 saturated carbocycles. The predicted octanol–water partition coefficient (Wildman–Crippen LogP) is 3.38. The highest BCUT2D eigenvalue weighted by Gasteiger charge is 2.03. The van der Waals surface area contributed by atoms with Crippen LogP contribution in [-0.2, 0) is 13.2 Å². The first-order chi connectivity index (χ1) is 8.29. The van der Waals surface area contributed by atoms with Crippen LogP contribution in [0.4, 0.5) is 0 Å². The molecule has 0 amide bonds. The molecule has 2 aromatic carbocycles. The highest BCUT2D eigenvalue weighted by atomic mass is 35.5. The molecule has 0 saturated heterocycles. The molecular formula is C14H14ClNO. The Morgan fingerprint density at radius 1 is 1.00 bits per heavy atom. The molecule has 0 unspecified atom stereocenters. The zero-order valence-corrected chi connectivity index (χ0v) is 10.2. The second kappa shape index (κ2) is 5.71. The Kier molecular flexibility index (Phi) is 4.02. The number of halogens is 1. The fourth-order valence-corrected chi connectivity index (χ4v) is 1.69. The van der Waals surface area contributed by atoms with E-state index >= 15 is 0 Å². The molecule has 0 spiro atoms. The number of ether oxygens (including phenoxy) is 1. The van der Waals surface area contributed by atoms with E-state index in [1.807, 2.05) is 48.5 Å². The Hall–Kier alpha value is -1.51. The summed E-state index contributed by atoms with van der Waals surface area (Å²) in [5.41, 5.74) is 7.70. The predicted molar refractivity (Wildman–Crippen MR) is 70.1 cm³/mol. The number of hydrogen-bond acceptors (Lipinski definition) is 2. The van der Waals surface area contributed by atoms with Gasteiger partial charge in [-0.25, -0.2) is 0 Å². The SMILES string of the molecule is NCc1ccc(Cl)c(OCc2ccccc2)c1. The molecule has 0 bridgehead atoms.